The van der Waals surface area contributed by atoms with Crippen LogP contribution in [-0.2, 0) is 25.0 Å². The van der Waals surface area contributed by atoms with Crippen LogP contribution in [0.5, 0.6) is 5.75 Å². The zero-order valence-corrected chi connectivity index (χ0v) is 18.4. The minimum absolute atomic E-state index is 0.0181. The standard InChI is InChI=1S/C25H36O4/c1-17(2)23(28)16-29-24-9-8-22(12-18(24)3)25(4,5)11-10-19-6-7-20(14-26)21(13-19)15-27/h6-9,12-13,17,23,26-28H,10-11,14-16H2,1-5H3. The van der Waals surface area contributed by atoms with Crippen LogP contribution in [0.25, 0.3) is 0 Å². The lowest BCUT2D eigenvalue weighted by Gasteiger charge is -2.27. The molecule has 0 heterocycles. The number of hydrogen-bond acceptors (Lipinski definition) is 4. The summed E-state index contributed by atoms with van der Waals surface area (Å²) in [5.74, 6) is 0.989. The molecule has 160 valence electrons. The normalized spacial score (nSPS) is 13.0. The van der Waals surface area contributed by atoms with E-state index in [1.54, 1.807) is 0 Å². The van der Waals surface area contributed by atoms with Gasteiger partial charge in [-0.2, -0.15) is 0 Å². The van der Waals surface area contributed by atoms with Gasteiger partial charge in [-0.05, 0) is 65.0 Å². The lowest BCUT2D eigenvalue weighted by molar-refractivity contribution is 0.0698. The highest BCUT2D eigenvalue weighted by molar-refractivity contribution is 5.39. The number of hydrogen-bond donors (Lipinski definition) is 3. The van der Waals surface area contributed by atoms with Gasteiger partial charge in [0.2, 0.25) is 0 Å². The van der Waals surface area contributed by atoms with E-state index in [1.165, 1.54) is 11.1 Å². The molecule has 2 aromatic rings. The molecule has 3 N–H and O–H groups in total. The van der Waals surface area contributed by atoms with E-state index in [-0.39, 0.29) is 24.5 Å². The van der Waals surface area contributed by atoms with E-state index in [2.05, 4.69) is 26.0 Å². The molecule has 0 bridgehead atoms. The van der Waals surface area contributed by atoms with Gasteiger partial charge in [-0.25, -0.2) is 0 Å². The molecule has 0 aliphatic heterocycles. The maximum absolute atomic E-state index is 9.96. The van der Waals surface area contributed by atoms with Gasteiger partial charge < -0.3 is 20.1 Å². The molecule has 4 nitrogen and oxygen atoms in total. The summed E-state index contributed by atoms with van der Waals surface area (Å²) >= 11 is 0. The van der Waals surface area contributed by atoms with E-state index < -0.39 is 6.10 Å². The Labute approximate surface area is 175 Å². The molecular formula is C25H36O4. The molecule has 0 aliphatic rings. The third kappa shape index (κ3) is 6.30. The van der Waals surface area contributed by atoms with Gasteiger partial charge in [0.1, 0.15) is 12.4 Å². The number of aliphatic hydroxyl groups is 3. The number of aryl methyl sites for hydroxylation is 2. The van der Waals surface area contributed by atoms with Crippen molar-refractivity contribution in [2.45, 2.75) is 72.2 Å². The summed E-state index contributed by atoms with van der Waals surface area (Å²) < 4.78 is 5.81. The topological polar surface area (TPSA) is 69.9 Å². The molecule has 2 rings (SSSR count). The second-order valence-corrected chi connectivity index (χ2v) is 8.91. The molecule has 1 atom stereocenters. The molecule has 29 heavy (non-hydrogen) atoms. The molecule has 0 fully saturated rings. The maximum atomic E-state index is 9.96. The summed E-state index contributed by atoms with van der Waals surface area (Å²) in [6, 6.07) is 12.2. The highest BCUT2D eigenvalue weighted by Gasteiger charge is 2.22. The van der Waals surface area contributed by atoms with Gasteiger partial charge in [0.05, 0.1) is 19.3 Å². The Kier molecular flexibility index (Phi) is 8.26. The maximum Gasteiger partial charge on any atom is 0.122 e. The van der Waals surface area contributed by atoms with Gasteiger partial charge >= 0.3 is 0 Å². The van der Waals surface area contributed by atoms with E-state index in [0.29, 0.717) is 6.61 Å². The van der Waals surface area contributed by atoms with Crippen molar-refractivity contribution in [1.82, 2.24) is 0 Å². The number of aliphatic hydroxyl groups excluding tert-OH is 3. The van der Waals surface area contributed by atoms with Crippen molar-refractivity contribution in [2.75, 3.05) is 6.61 Å². The molecule has 0 saturated heterocycles. The zero-order chi connectivity index (χ0) is 21.6. The Balaban J connectivity index is 2.06. The van der Waals surface area contributed by atoms with Crippen molar-refractivity contribution >= 4 is 0 Å². The number of rotatable bonds is 10. The summed E-state index contributed by atoms with van der Waals surface area (Å²) in [6.45, 7) is 10.7. The zero-order valence-electron chi connectivity index (χ0n) is 18.4. The molecule has 0 radical (unpaired) electrons. The summed E-state index contributed by atoms with van der Waals surface area (Å²) in [4.78, 5) is 0. The van der Waals surface area contributed by atoms with Crippen molar-refractivity contribution in [2.24, 2.45) is 5.92 Å². The second-order valence-electron chi connectivity index (χ2n) is 8.91. The van der Waals surface area contributed by atoms with Gasteiger partial charge in [0.15, 0.2) is 0 Å². The van der Waals surface area contributed by atoms with Crippen molar-refractivity contribution in [3.05, 3.63) is 64.2 Å². The molecule has 0 amide bonds. The predicted molar refractivity (Wildman–Crippen MR) is 117 cm³/mol. The highest BCUT2D eigenvalue weighted by atomic mass is 16.5. The van der Waals surface area contributed by atoms with Crippen LogP contribution in [0.1, 0.15) is 61.9 Å². The van der Waals surface area contributed by atoms with Gasteiger partial charge in [-0.3, -0.25) is 0 Å². The molecule has 0 aromatic heterocycles. The van der Waals surface area contributed by atoms with Crippen LogP contribution in [0.3, 0.4) is 0 Å². The summed E-state index contributed by atoms with van der Waals surface area (Å²) in [5, 5.41) is 28.8. The minimum Gasteiger partial charge on any atom is -0.491 e. The van der Waals surface area contributed by atoms with Crippen LogP contribution in [0, 0.1) is 12.8 Å². The molecule has 0 saturated carbocycles. The molecule has 0 spiro atoms. The second kappa shape index (κ2) is 10.2. The monoisotopic (exact) mass is 400 g/mol. The summed E-state index contributed by atoms with van der Waals surface area (Å²) in [6.07, 6.45) is 1.39. The summed E-state index contributed by atoms with van der Waals surface area (Å²) in [5.41, 5.74) is 5.05. The van der Waals surface area contributed by atoms with E-state index in [4.69, 9.17) is 4.74 Å². The van der Waals surface area contributed by atoms with Crippen molar-refractivity contribution < 1.29 is 20.1 Å². The average Bonchev–Trinajstić information content (AvgIpc) is 2.70. The Morgan fingerprint density at radius 2 is 1.66 bits per heavy atom. The van der Waals surface area contributed by atoms with Gasteiger partial charge in [0.25, 0.3) is 0 Å². The van der Waals surface area contributed by atoms with Crippen LogP contribution in [0.2, 0.25) is 0 Å². The lowest BCUT2D eigenvalue weighted by atomic mass is 9.79. The predicted octanol–water partition coefficient (Wildman–Crippen LogP) is 4.29. The Morgan fingerprint density at radius 3 is 2.24 bits per heavy atom. The molecule has 0 aliphatic carbocycles. The van der Waals surface area contributed by atoms with Crippen LogP contribution in [0.15, 0.2) is 36.4 Å². The first-order chi connectivity index (χ1) is 13.7. The quantitative estimate of drug-likeness (QED) is 0.557. The number of benzene rings is 2. The van der Waals surface area contributed by atoms with Crippen LogP contribution < -0.4 is 4.74 Å². The highest BCUT2D eigenvalue weighted by Crippen LogP contribution is 2.32. The Hall–Kier alpha value is -1.88. The van der Waals surface area contributed by atoms with Crippen LogP contribution in [-0.4, -0.2) is 28.0 Å². The third-order valence-corrected chi connectivity index (χ3v) is 5.79. The first-order valence-corrected chi connectivity index (χ1v) is 10.4. The van der Waals surface area contributed by atoms with Crippen molar-refractivity contribution in [3.8, 4) is 5.75 Å². The van der Waals surface area contributed by atoms with E-state index in [1.807, 2.05) is 45.0 Å². The fourth-order valence-electron chi connectivity index (χ4n) is 3.34. The van der Waals surface area contributed by atoms with Crippen LogP contribution >= 0.6 is 0 Å². The SMILES string of the molecule is Cc1cc(C(C)(C)CCc2ccc(CO)c(CO)c2)ccc1OCC(O)C(C)C. The van der Waals surface area contributed by atoms with Gasteiger partial charge in [-0.1, -0.05) is 58.0 Å². The molecule has 1 unspecified atom stereocenters. The third-order valence-electron chi connectivity index (χ3n) is 5.79. The van der Waals surface area contributed by atoms with Gasteiger partial charge in [-0.15, -0.1) is 0 Å². The fraction of sp³-hybridized carbons (Fsp3) is 0.520. The molecule has 4 heteroatoms. The average molecular weight is 401 g/mol. The minimum atomic E-state index is -0.466. The largest absolute Gasteiger partial charge is 0.491 e. The van der Waals surface area contributed by atoms with Gasteiger partial charge in [0, 0.05) is 0 Å². The summed E-state index contributed by atoms with van der Waals surface area (Å²) in [7, 11) is 0. The lowest BCUT2D eigenvalue weighted by Crippen LogP contribution is -2.23. The fourth-order valence-corrected chi connectivity index (χ4v) is 3.34. The van der Waals surface area contributed by atoms with Crippen molar-refractivity contribution in [1.29, 1.82) is 0 Å². The van der Waals surface area contributed by atoms with E-state index >= 15 is 0 Å². The molecular weight excluding hydrogens is 364 g/mol. The first-order valence-electron chi connectivity index (χ1n) is 10.4. The smallest absolute Gasteiger partial charge is 0.122 e. The van der Waals surface area contributed by atoms with Crippen LogP contribution in [0.4, 0.5) is 0 Å². The first kappa shape index (κ1) is 23.4. The van der Waals surface area contributed by atoms with E-state index in [9.17, 15) is 15.3 Å². The van der Waals surface area contributed by atoms with E-state index in [0.717, 1.165) is 35.3 Å². The number of ether oxygens (including phenoxy) is 1. The molecule has 2 aromatic carbocycles. The Bertz CT molecular complexity index is 795. The Morgan fingerprint density at radius 1 is 0.966 bits per heavy atom. The van der Waals surface area contributed by atoms with Crippen molar-refractivity contribution in [3.63, 3.8) is 0 Å².